The number of aromatic nitrogens is 1. The van der Waals surface area contributed by atoms with E-state index in [9.17, 15) is 4.79 Å². The highest BCUT2D eigenvalue weighted by Gasteiger charge is 2.18. The molecule has 0 bridgehead atoms. The van der Waals surface area contributed by atoms with Crippen LogP contribution in [0.4, 0.5) is 0 Å². The lowest BCUT2D eigenvalue weighted by Gasteiger charge is -2.09. The Labute approximate surface area is 62.1 Å². The van der Waals surface area contributed by atoms with E-state index in [1.807, 2.05) is 0 Å². The largest absolute Gasteiger partial charge is 0.351 e. The second-order valence-electron chi connectivity index (χ2n) is 2.09. The molecule has 3 nitrogen and oxygen atoms in total. The van der Waals surface area contributed by atoms with Gasteiger partial charge >= 0.3 is 0 Å². The summed E-state index contributed by atoms with van der Waals surface area (Å²) in [7, 11) is 0. The molecule has 1 amide bonds. The van der Waals surface area contributed by atoms with Crippen molar-refractivity contribution >= 4 is 17.2 Å². The number of carbonyl (C=O) groups excluding carboxylic acids is 1. The van der Waals surface area contributed by atoms with Gasteiger partial charge in [0.15, 0.2) is 5.51 Å². The minimum Gasteiger partial charge on any atom is -0.351 e. The van der Waals surface area contributed by atoms with Crippen LogP contribution in [0.25, 0.3) is 0 Å². The van der Waals surface area contributed by atoms with Gasteiger partial charge in [0.05, 0.1) is 5.69 Å². The first-order chi connectivity index (χ1) is 4.88. The Morgan fingerprint density at radius 1 is 1.70 bits per heavy atom. The molecule has 2 rings (SSSR count). The zero-order chi connectivity index (χ0) is 6.97. The molecule has 1 aromatic rings. The summed E-state index contributed by atoms with van der Waals surface area (Å²) in [6, 6.07) is 0. The predicted molar refractivity (Wildman–Crippen MR) is 37.0 cm³/mol. The van der Waals surface area contributed by atoms with Crippen LogP contribution in [-0.2, 0) is 6.42 Å². The molecule has 1 aliphatic rings. The Hall–Kier alpha value is -0.900. The average Bonchev–Trinajstić information content (AvgIpc) is 2.36. The van der Waals surface area contributed by atoms with Crippen LogP contribution in [0.5, 0.6) is 0 Å². The smallest absolute Gasteiger partial charge is 0.263 e. The summed E-state index contributed by atoms with van der Waals surface area (Å²) >= 11 is 1.29. The Kier molecular flexibility index (Phi) is 1.20. The quantitative estimate of drug-likeness (QED) is 0.579. The Balaban J connectivity index is 2.50. The fourth-order valence-corrected chi connectivity index (χ4v) is 1.63. The molecule has 0 aliphatic carbocycles. The standard InChI is InChI=1S/C6H5N2OS/c9-6-5-4(1-2-7-6)8-3-10-5/h1-2H2,(H,7,9). The highest BCUT2D eigenvalue weighted by Crippen LogP contribution is 2.15. The van der Waals surface area contributed by atoms with Crippen molar-refractivity contribution in [3.05, 3.63) is 16.1 Å². The molecule has 51 valence electrons. The van der Waals surface area contributed by atoms with Gasteiger partial charge < -0.3 is 5.32 Å². The van der Waals surface area contributed by atoms with Gasteiger partial charge in [-0.05, 0) is 0 Å². The van der Waals surface area contributed by atoms with Gasteiger partial charge in [0.25, 0.3) is 5.91 Å². The third kappa shape index (κ3) is 0.724. The zero-order valence-corrected chi connectivity index (χ0v) is 5.99. The van der Waals surface area contributed by atoms with E-state index in [1.165, 1.54) is 11.3 Å². The Morgan fingerprint density at radius 3 is 3.40 bits per heavy atom. The number of hydrogen-bond acceptors (Lipinski definition) is 3. The van der Waals surface area contributed by atoms with E-state index >= 15 is 0 Å². The summed E-state index contributed by atoms with van der Waals surface area (Å²) in [4.78, 5) is 15.7. The second kappa shape index (κ2) is 2.05. The van der Waals surface area contributed by atoms with Crippen LogP contribution in [0.1, 0.15) is 15.4 Å². The topological polar surface area (TPSA) is 42.0 Å². The van der Waals surface area contributed by atoms with Gasteiger partial charge in [-0.25, -0.2) is 4.98 Å². The van der Waals surface area contributed by atoms with Gasteiger partial charge in [-0.3, -0.25) is 4.79 Å². The zero-order valence-electron chi connectivity index (χ0n) is 5.18. The van der Waals surface area contributed by atoms with Crippen molar-refractivity contribution in [2.24, 2.45) is 0 Å². The first-order valence-corrected chi connectivity index (χ1v) is 3.83. The first kappa shape index (κ1) is 5.85. The molecular weight excluding hydrogens is 148 g/mol. The summed E-state index contributed by atoms with van der Waals surface area (Å²) in [5.41, 5.74) is 3.60. The van der Waals surface area contributed by atoms with Gasteiger partial charge in [0, 0.05) is 13.0 Å². The van der Waals surface area contributed by atoms with Crippen LogP contribution < -0.4 is 5.32 Å². The summed E-state index contributed by atoms with van der Waals surface area (Å²) in [6.45, 7) is 0.712. The summed E-state index contributed by atoms with van der Waals surface area (Å²) in [6.07, 6.45) is 0.848. The predicted octanol–water partition coefficient (Wildman–Crippen LogP) is 0.229. The van der Waals surface area contributed by atoms with E-state index in [4.69, 9.17) is 0 Å². The molecule has 1 N–H and O–H groups in total. The molecule has 1 aliphatic heterocycles. The van der Waals surface area contributed by atoms with Gasteiger partial charge in [-0.2, -0.15) is 0 Å². The number of thiazole rings is 1. The van der Waals surface area contributed by atoms with Crippen molar-refractivity contribution in [2.75, 3.05) is 6.54 Å². The third-order valence-corrected chi connectivity index (χ3v) is 2.25. The van der Waals surface area contributed by atoms with Crippen LogP contribution in [0.2, 0.25) is 0 Å². The van der Waals surface area contributed by atoms with Crippen molar-refractivity contribution in [3.8, 4) is 0 Å². The number of fused-ring (bicyclic) bond motifs is 1. The second-order valence-corrected chi connectivity index (χ2v) is 2.88. The molecule has 4 heteroatoms. The van der Waals surface area contributed by atoms with Crippen molar-refractivity contribution in [1.82, 2.24) is 10.3 Å². The van der Waals surface area contributed by atoms with Gasteiger partial charge in [0.1, 0.15) is 4.88 Å². The van der Waals surface area contributed by atoms with E-state index in [-0.39, 0.29) is 5.91 Å². The van der Waals surface area contributed by atoms with Gasteiger partial charge in [-0.1, -0.05) is 0 Å². The lowest BCUT2D eigenvalue weighted by atomic mass is 10.2. The number of nitrogens with zero attached hydrogens (tertiary/aromatic N) is 1. The van der Waals surface area contributed by atoms with Crippen molar-refractivity contribution in [3.63, 3.8) is 0 Å². The van der Waals surface area contributed by atoms with E-state index in [1.54, 1.807) is 0 Å². The molecule has 0 atom stereocenters. The number of nitrogens with one attached hydrogen (secondary N) is 1. The highest BCUT2D eigenvalue weighted by atomic mass is 32.1. The van der Waals surface area contributed by atoms with Crippen molar-refractivity contribution in [1.29, 1.82) is 0 Å². The summed E-state index contributed by atoms with van der Waals surface area (Å²) in [5.74, 6) is 0.000000000000000444. The maximum absolute atomic E-state index is 11.0. The maximum Gasteiger partial charge on any atom is 0.263 e. The lowest BCUT2D eigenvalue weighted by molar-refractivity contribution is 0.0950. The molecule has 1 aromatic heterocycles. The monoisotopic (exact) mass is 153 g/mol. The Morgan fingerprint density at radius 2 is 2.60 bits per heavy atom. The molecule has 0 aromatic carbocycles. The van der Waals surface area contributed by atoms with Crippen molar-refractivity contribution < 1.29 is 4.79 Å². The van der Waals surface area contributed by atoms with Crippen LogP contribution in [0.15, 0.2) is 0 Å². The van der Waals surface area contributed by atoms with Gasteiger partial charge in [0.2, 0.25) is 0 Å². The molecule has 0 spiro atoms. The number of carbonyl (C=O) groups is 1. The Bertz CT molecular complexity index is 268. The molecular formula is C6H5N2OS. The SMILES string of the molecule is O=C1NCCc2n[c]sc21. The fourth-order valence-electron chi connectivity index (χ4n) is 0.955. The highest BCUT2D eigenvalue weighted by molar-refractivity contribution is 7.11. The lowest BCUT2D eigenvalue weighted by Crippen LogP contribution is -2.30. The van der Waals surface area contributed by atoms with Crippen LogP contribution in [0.3, 0.4) is 0 Å². The molecule has 2 heterocycles. The van der Waals surface area contributed by atoms with E-state index in [0.717, 1.165) is 17.0 Å². The number of hydrogen-bond donors (Lipinski definition) is 1. The van der Waals surface area contributed by atoms with E-state index < -0.39 is 0 Å². The maximum atomic E-state index is 11.0. The van der Waals surface area contributed by atoms with Crippen molar-refractivity contribution in [2.45, 2.75) is 6.42 Å². The number of amides is 1. The molecule has 10 heavy (non-hydrogen) atoms. The van der Waals surface area contributed by atoms with E-state index in [0.29, 0.717) is 6.54 Å². The van der Waals surface area contributed by atoms with Crippen LogP contribution in [-0.4, -0.2) is 17.4 Å². The molecule has 0 unspecified atom stereocenters. The molecule has 0 saturated heterocycles. The number of rotatable bonds is 0. The molecule has 1 radical (unpaired) electrons. The fraction of sp³-hybridized carbons (Fsp3) is 0.333. The summed E-state index contributed by atoms with van der Waals surface area (Å²) < 4.78 is 0. The van der Waals surface area contributed by atoms with Crippen LogP contribution >= 0.6 is 11.3 Å². The molecule has 0 fully saturated rings. The van der Waals surface area contributed by atoms with Gasteiger partial charge in [-0.15, -0.1) is 11.3 Å². The van der Waals surface area contributed by atoms with E-state index in [2.05, 4.69) is 15.8 Å². The minimum absolute atomic E-state index is 0.000000000000000444. The minimum atomic E-state index is 0.000000000000000444. The summed E-state index contributed by atoms with van der Waals surface area (Å²) in [5, 5.41) is 2.74. The first-order valence-electron chi connectivity index (χ1n) is 3.02. The normalized spacial score (nSPS) is 16.2. The average molecular weight is 153 g/mol. The third-order valence-electron chi connectivity index (χ3n) is 1.44. The molecule has 0 saturated carbocycles. The van der Waals surface area contributed by atoms with Crippen LogP contribution in [0, 0.1) is 5.51 Å².